The van der Waals surface area contributed by atoms with Crippen molar-refractivity contribution in [1.29, 1.82) is 0 Å². The highest BCUT2D eigenvalue weighted by Gasteiger charge is 2.08. The molecular weight excluding hydrogens is 166 g/mol. The fourth-order valence-electron chi connectivity index (χ4n) is 1.36. The SMILES string of the molecule is CCn1ccnc1N(C)CC(C)O. The number of rotatable bonds is 4. The third-order valence-corrected chi connectivity index (χ3v) is 1.91. The molecule has 0 saturated heterocycles. The molecule has 4 nitrogen and oxygen atoms in total. The molecule has 1 unspecified atom stereocenters. The molecule has 13 heavy (non-hydrogen) atoms. The molecule has 0 spiro atoms. The summed E-state index contributed by atoms with van der Waals surface area (Å²) in [5.74, 6) is 0.906. The van der Waals surface area contributed by atoms with Crippen molar-refractivity contribution in [3.63, 3.8) is 0 Å². The molecule has 0 aliphatic heterocycles. The van der Waals surface area contributed by atoms with Crippen LogP contribution in [0, 0.1) is 0 Å². The smallest absolute Gasteiger partial charge is 0.205 e. The Morgan fingerprint density at radius 2 is 2.38 bits per heavy atom. The van der Waals surface area contributed by atoms with Crippen molar-refractivity contribution in [2.24, 2.45) is 0 Å². The highest BCUT2D eigenvalue weighted by molar-refractivity contribution is 5.29. The molecule has 1 aromatic rings. The van der Waals surface area contributed by atoms with Crippen LogP contribution in [0.25, 0.3) is 0 Å². The summed E-state index contributed by atoms with van der Waals surface area (Å²) in [6, 6.07) is 0. The van der Waals surface area contributed by atoms with Crippen LogP contribution in [0.2, 0.25) is 0 Å². The lowest BCUT2D eigenvalue weighted by atomic mass is 10.4. The standard InChI is InChI=1S/C9H17N3O/c1-4-12-6-5-10-9(12)11(3)7-8(2)13/h5-6,8,13H,4,7H2,1-3H3. The molecule has 1 atom stereocenters. The summed E-state index contributed by atoms with van der Waals surface area (Å²) in [5.41, 5.74) is 0. The molecule has 0 aliphatic rings. The van der Waals surface area contributed by atoms with E-state index in [4.69, 9.17) is 0 Å². The van der Waals surface area contributed by atoms with Gasteiger partial charge in [0.2, 0.25) is 5.95 Å². The highest BCUT2D eigenvalue weighted by Crippen LogP contribution is 2.09. The number of anilines is 1. The lowest BCUT2D eigenvalue weighted by molar-refractivity contribution is 0.201. The van der Waals surface area contributed by atoms with Crippen LogP contribution < -0.4 is 4.90 Å². The monoisotopic (exact) mass is 183 g/mol. The Kier molecular flexibility index (Phi) is 3.31. The first kappa shape index (κ1) is 10.1. The van der Waals surface area contributed by atoms with Gasteiger partial charge in [0.15, 0.2) is 0 Å². The second-order valence-corrected chi connectivity index (χ2v) is 3.24. The normalized spacial score (nSPS) is 12.9. The lowest BCUT2D eigenvalue weighted by Gasteiger charge is -2.20. The molecule has 0 saturated carbocycles. The van der Waals surface area contributed by atoms with Crippen molar-refractivity contribution < 1.29 is 5.11 Å². The topological polar surface area (TPSA) is 41.3 Å². The average molecular weight is 183 g/mol. The Morgan fingerprint density at radius 1 is 1.69 bits per heavy atom. The molecule has 0 aromatic carbocycles. The van der Waals surface area contributed by atoms with Crippen molar-refractivity contribution >= 4 is 5.95 Å². The molecule has 1 rings (SSSR count). The van der Waals surface area contributed by atoms with Gasteiger partial charge in [-0.2, -0.15) is 0 Å². The van der Waals surface area contributed by atoms with Gasteiger partial charge in [-0.15, -0.1) is 0 Å². The minimum Gasteiger partial charge on any atom is -0.392 e. The highest BCUT2D eigenvalue weighted by atomic mass is 16.3. The summed E-state index contributed by atoms with van der Waals surface area (Å²) in [5, 5.41) is 9.21. The number of likely N-dealkylation sites (N-methyl/N-ethyl adjacent to an activating group) is 1. The molecule has 4 heteroatoms. The van der Waals surface area contributed by atoms with Gasteiger partial charge in [-0.05, 0) is 13.8 Å². The van der Waals surface area contributed by atoms with E-state index in [1.165, 1.54) is 0 Å². The maximum Gasteiger partial charge on any atom is 0.205 e. The number of nitrogens with zero attached hydrogens (tertiary/aromatic N) is 3. The first-order chi connectivity index (χ1) is 6.15. The minimum atomic E-state index is -0.327. The van der Waals surface area contributed by atoms with Gasteiger partial charge >= 0.3 is 0 Å². The lowest BCUT2D eigenvalue weighted by Crippen LogP contribution is -2.29. The second-order valence-electron chi connectivity index (χ2n) is 3.24. The number of aromatic nitrogens is 2. The summed E-state index contributed by atoms with van der Waals surface area (Å²) < 4.78 is 2.04. The molecule has 0 aliphatic carbocycles. The Balaban J connectivity index is 2.69. The Bertz CT molecular complexity index is 257. The molecule has 1 N–H and O–H groups in total. The number of imidazole rings is 1. The van der Waals surface area contributed by atoms with Gasteiger partial charge in [0, 0.05) is 32.5 Å². The van der Waals surface area contributed by atoms with Crippen LogP contribution in [0.3, 0.4) is 0 Å². The number of aliphatic hydroxyl groups is 1. The summed E-state index contributed by atoms with van der Waals surface area (Å²) in [4.78, 5) is 6.17. The van der Waals surface area contributed by atoms with Crippen LogP contribution in [0.5, 0.6) is 0 Å². The van der Waals surface area contributed by atoms with E-state index in [-0.39, 0.29) is 6.10 Å². The molecule has 0 fully saturated rings. The number of hydrogen-bond acceptors (Lipinski definition) is 3. The molecule has 74 valence electrons. The van der Waals surface area contributed by atoms with Crippen molar-refractivity contribution in [2.45, 2.75) is 26.5 Å². The Labute approximate surface area is 78.8 Å². The third kappa shape index (κ3) is 2.45. The Morgan fingerprint density at radius 3 is 2.92 bits per heavy atom. The van der Waals surface area contributed by atoms with E-state index in [9.17, 15) is 5.11 Å². The van der Waals surface area contributed by atoms with Crippen molar-refractivity contribution in [3.05, 3.63) is 12.4 Å². The molecule has 1 heterocycles. The van der Waals surface area contributed by atoms with E-state index >= 15 is 0 Å². The van der Waals surface area contributed by atoms with Gasteiger partial charge in [-0.1, -0.05) is 0 Å². The zero-order valence-electron chi connectivity index (χ0n) is 8.44. The van der Waals surface area contributed by atoms with Crippen LogP contribution >= 0.6 is 0 Å². The molecular formula is C9H17N3O. The second kappa shape index (κ2) is 4.28. The summed E-state index contributed by atoms with van der Waals surface area (Å²) in [6.45, 7) is 5.35. The third-order valence-electron chi connectivity index (χ3n) is 1.91. The van der Waals surface area contributed by atoms with E-state index in [0.717, 1.165) is 12.5 Å². The summed E-state index contributed by atoms with van der Waals surface area (Å²) >= 11 is 0. The number of aryl methyl sites for hydroxylation is 1. The summed E-state index contributed by atoms with van der Waals surface area (Å²) in [7, 11) is 1.93. The maximum absolute atomic E-state index is 9.21. The zero-order valence-corrected chi connectivity index (χ0v) is 8.44. The minimum absolute atomic E-state index is 0.327. The molecule has 1 aromatic heterocycles. The molecule has 0 amide bonds. The predicted octanol–water partition coefficient (Wildman–Crippen LogP) is 0.720. The molecule has 0 radical (unpaired) electrons. The van der Waals surface area contributed by atoms with Gasteiger partial charge in [0.25, 0.3) is 0 Å². The van der Waals surface area contributed by atoms with Crippen molar-refractivity contribution in [1.82, 2.24) is 9.55 Å². The van der Waals surface area contributed by atoms with Gasteiger partial charge in [0.05, 0.1) is 6.10 Å². The number of aliphatic hydroxyl groups excluding tert-OH is 1. The van der Waals surface area contributed by atoms with E-state index in [1.807, 2.05) is 22.7 Å². The zero-order chi connectivity index (χ0) is 9.84. The van der Waals surface area contributed by atoms with Crippen LogP contribution in [0.1, 0.15) is 13.8 Å². The van der Waals surface area contributed by atoms with E-state index in [1.54, 1.807) is 13.1 Å². The largest absolute Gasteiger partial charge is 0.392 e. The number of hydrogen-bond donors (Lipinski definition) is 1. The van der Waals surface area contributed by atoms with Gasteiger partial charge in [-0.3, -0.25) is 0 Å². The first-order valence-corrected chi connectivity index (χ1v) is 4.55. The maximum atomic E-state index is 9.21. The van der Waals surface area contributed by atoms with Crippen molar-refractivity contribution in [3.8, 4) is 0 Å². The fourth-order valence-corrected chi connectivity index (χ4v) is 1.36. The Hall–Kier alpha value is -1.03. The fraction of sp³-hybridized carbons (Fsp3) is 0.667. The summed E-state index contributed by atoms with van der Waals surface area (Å²) in [6.07, 6.45) is 3.39. The molecule has 0 bridgehead atoms. The van der Waals surface area contributed by atoms with E-state index < -0.39 is 0 Å². The van der Waals surface area contributed by atoms with E-state index in [2.05, 4.69) is 11.9 Å². The van der Waals surface area contributed by atoms with Crippen LogP contribution in [-0.2, 0) is 6.54 Å². The van der Waals surface area contributed by atoms with Crippen LogP contribution in [0.4, 0.5) is 5.95 Å². The van der Waals surface area contributed by atoms with Crippen molar-refractivity contribution in [2.75, 3.05) is 18.5 Å². The van der Waals surface area contributed by atoms with Gasteiger partial charge < -0.3 is 14.6 Å². The first-order valence-electron chi connectivity index (χ1n) is 4.55. The van der Waals surface area contributed by atoms with E-state index in [0.29, 0.717) is 6.54 Å². The predicted molar refractivity (Wildman–Crippen MR) is 52.9 cm³/mol. The quantitative estimate of drug-likeness (QED) is 0.747. The van der Waals surface area contributed by atoms with Gasteiger partial charge in [-0.25, -0.2) is 4.98 Å². The van der Waals surface area contributed by atoms with Crippen LogP contribution in [-0.4, -0.2) is 34.4 Å². The average Bonchev–Trinajstić information content (AvgIpc) is 2.49. The van der Waals surface area contributed by atoms with Crippen LogP contribution in [0.15, 0.2) is 12.4 Å². The van der Waals surface area contributed by atoms with Gasteiger partial charge in [0.1, 0.15) is 0 Å².